The van der Waals surface area contributed by atoms with Gasteiger partial charge in [-0.15, -0.1) is 0 Å². The van der Waals surface area contributed by atoms with E-state index in [1.54, 1.807) is 0 Å². The molecule has 17 heavy (non-hydrogen) atoms. The molecule has 0 N–H and O–H groups in total. The Labute approximate surface area is 94.8 Å². The van der Waals surface area contributed by atoms with Gasteiger partial charge in [0.2, 0.25) is 5.95 Å². The van der Waals surface area contributed by atoms with Gasteiger partial charge in [0, 0.05) is 13.1 Å². The van der Waals surface area contributed by atoms with Gasteiger partial charge in [-0.1, -0.05) is 0 Å². The van der Waals surface area contributed by atoms with Crippen molar-refractivity contribution in [2.75, 3.05) is 33.4 Å². The number of rotatable bonds is 2. The molecule has 1 heterocycles. The Balaban J connectivity index is 3.04. The molecular weight excluding hydrogens is 246 g/mol. The molecule has 0 aromatic rings. The van der Waals surface area contributed by atoms with E-state index in [9.17, 15) is 22.4 Å². The monoisotopic (exact) mass is 257 g/mol. The van der Waals surface area contributed by atoms with E-state index >= 15 is 0 Å². The van der Waals surface area contributed by atoms with Gasteiger partial charge in [-0.25, -0.2) is 4.79 Å². The molecule has 0 aromatic heterocycles. The Morgan fingerprint density at radius 3 is 2.24 bits per heavy atom. The summed E-state index contributed by atoms with van der Waals surface area (Å²) in [5.41, 5.74) is -1.91. The Hall–Kier alpha value is -1.31. The normalized spacial score (nSPS) is 18.8. The average molecular weight is 257 g/mol. The first kappa shape index (κ1) is 13.8. The smallest absolute Gasteiger partial charge is 0.427 e. The van der Waals surface area contributed by atoms with Crippen molar-refractivity contribution < 1.29 is 31.8 Å². The number of carbonyl (C=O) groups is 1. The van der Waals surface area contributed by atoms with Crippen LogP contribution in [0.4, 0.5) is 17.6 Å². The molecule has 0 aliphatic carbocycles. The lowest BCUT2D eigenvalue weighted by molar-refractivity contribution is -0.149. The second kappa shape index (κ2) is 5.35. The van der Waals surface area contributed by atoms with Crippen molar-refractivity contribution in [1.29, 1.82) is 0 Å². The number of hydrogen-bond acceptors (Lipinski definition) is 4. The topological polar surface area (TPSA) is 38.8 Å². The molecule has 0 radical (unpaired) electrons. The molecule has 0 unspecified atom stereocenters. The maximum Gasteiger partial charge on any atom is 0.427 e. The zero-order valence-electron chi connectivity index (χ0n) is 9.01. The van der Waals surface area contributed by atoms with E-state index < -0.39 is 23.7 Å². The molecule has 1 saturated heterocycles. The van der Waals surface area contributed by atoms with Crippen molar-refractivity contribution in [1.82, 2.24) is 4.90 Å². The molecule has 0 saturated carbocycles. The Morgan fingerprint density at radius 1 is 1.29 bits per heavy atom. The van der Waals surface area contributed by atoms with Crippen LogP contribution in [0.1, 0.15) is 0 Å². The van der Waals surface area contributed by atoms with Crippen molar-refractivity contribution in [2.45, 2.75) is 6.18 Å². The van der Waals surface area contributed by atoms with Crippen LogP contribution in [-0.2, 0) is 14.3 Å². The first-order chi connectivity index (χ1) is 7.88. The summed E-state index contributed by atoms with van der Waals surface area (Å²) in [7, 11) is 0.765. The first-order valence-electron chi connectivity index (χ1n) is 4.76. The highest BCUT2D eigenvalue weighted by Gasteiger charge is 2.44. The minimum atomic E-state index is -5.09. The molecule has 1 rings (SSSR count). The zero-order valence-corrected chi connectivity index (χ0v) is 9.01. The minimum absolute atomic E-state index is 0.0393. The van der Waals surface area contributed by atoms with Crippen LogP contribution in [0.5, 0.6) is 0 Å². The van der Waals surface area contributed by atoms with Gasteiger partial charge in [-0.05, 0) is 0 Å². The lowest BCUT2D eigenvalue weighted by Gasteiger charge is -2.28. The number of morpholine rings is 1. The summed E-state index contributed by atoms with van der Waals surface area (Å²) in [5, 5.41) is 0. The third kappa shape index (κ3) is 3.32. The first-order valence-corrected chi connectivity index (χ1v) is 4.76. The molecule has 0 aromatic carbocycles. The van der Waals surface area contributed by atoms with Crippen LogP contribution in [0.15, 0.2) is 11.5 Å². The fourth-order valence-electron chi connectivity index (χ4n) is 1.34. The van der Waals surface area contributed by atoms with Gasteiger partial charge in [0.15, 0.2) is 5.57 Å². The molecule has 1 aliphatic rings. The SMILES string of the molecule is COC(=O)C(=C(F)N1CCOCC1)C(F)(F)F. The third-order valence-electron chi connectivity index (χ3n) is 2.17. The summed E-state index contributed by atoms with van der Waals surface area (Å²) in [5.74, 6) is -3.35. The zero-order chi connectivity index (χ0) is 13.1. The molecular formula is C9H11F4NO3. The summed E-state index contributed by atoms with van der Waals surface area (Å²) in [6, 6.07) is 0. The standard InChI is InChI=1S/C9H11F4NO3/c1-16-8(15)6(9(11,12)13)7(10)14-2-4-17-5-3-14/h2-5H2,1H3. The van der Waals surface area contributed by atoms with E-state index in [1.165, 1.54) is 0 Å². The highest BCUT2D eigenvalue weighted by Crippen LogP contribution is 2.31. The molecule has 98 valence electrons. The third-order valence-corrected chi connectivity index (χ3v) is 2.17. The Morgan fingerprint density at radius 2 is 1.82 bits per heavy atom. The molecule has 4 nitrogen and oxygen atoms in total. The predicted molar refractivity (Wildman–Crippen MR) is 48.6 cm³/mol. The predicted octanol–water partition coefficient (Wildman–Crippen LogP) is 1.24. The fourth-order valence-corrected chi connectivity index (χ4v) is 1.34. The number of methoxy groups -OCH3 is 1. The van der Waals surface area contributed by atoms with Gasteiger partial charge < -0.3 is 14.4 Å². The van der Waals surface area contributed by atoms with Gasteiger partial charge >= 0.3 is 12.1 Å². The minimum Gasteiger partial charge on any atom is -0.465 e. The maximum atomic E-state index is 13.6. The van der Waals surface area contributed by atoms with Gasteiger partial charge in [0.1, 0.15) is 0 Å². The van der Waals surface area contributed by atoms with Crippen molar-refractivity contribution in [3.8, 4) is 0 Å². The van der Waals surface area contributed by atoms with Crippen LogP contribution in [0.3, 0.4) is 0 Å². The molecule has 1 aliphatic heterocycles. The quantitative estimate of drug-likeness (QED) is 0.323. The van der Waals surface area contributed by atoms with Crippen LogP contribution < -0.4 is 0 Å². The second-order valence-corrected chi connectivity index (χ2v) is 3.25. The van der Waals surface area contributed by atoms with E-state index in [-0.39, 0.29) is 26.3 Å². The number of ether oxygens (including phenoxy) is 2. The van der Waals surface area contributed by atoms with Crippen LogP contribution in [0, 0.1) is 0 Å². The summed E-state index contributed by atoms with van der Waals surface area (Å²) >= 11 is 0. The van der Waals surface area contributed by atoms with Crippen molar-refractivity contribution >= 4 is 5.97 Å². The van der Waals surface area contributed by atoms with Gasteiger partial charge in [0.25, 0.3) is 0 Å². The van der Waals surface area contributed by atoms with Crippen LogP contribution in [0.25, 0.3) is 0 Å². The Kier molecular flexibility index (Phi) is 4.33. The van der Waals surface area contributed by atoms with Crippen LogP contribution in [-0.4, -0.2) is 50.5 Å². The number of carbonyl (C=O) groups excluding carboxylic acids is 1. The number of hydrogen-bond donors (Lipinski definition) is 0. The number of esters is 1. The summed E-state index contributed by atoms with van der Waals surface area (Å²) in [4.78, 5) is 11.8. The summed E-state index contributed by atoms with van der Waals surface area (Å²) < 4.78 is 59.9. The molecule has 0 bridgehead atoms. The molecule has 0 spiro atoms. The van der Waals surface area contributed by atoms with Crippen molar-refractivity contribution in [2.24, 2.45) is 0 Å². The van der Waals surface area contributed by atoms with Gasteiger partial charge in [-0.3, -0.25) is 0 Å². The highest BCUT2D eigenvalue weighted by atomic mass is 19.4. The van der Waals surface area contributed by atoms with Crippen LogP contribution in [0.2, 0.25) is 0 Å². The van der Waals surface area contributed by atoms with Crippen molar-refractivity contribution in [3.05, 3.63) is 11.5 Å². The van der Waals surface area contributed by atoms with Gasteiger partial charge in [0.05, 0.1) is 20.3 Å². The number of halogens is 4. The average Bonchev–Trinajstić information content (AvgIpc) is 2.28. The summed E-state index contributed by atoms with van der Waals surface area (Å²) in [6.45, 7) is 0.143. The lowest BCUT2D eigenvalue weighted by Crippen LogP contribution is -2.37. The number of nitrogens with zero attached hydrogens (tertiary/aromatic N) is 1. The summed E-state index contributed by atoms with van der Waals surface area (Å²) in [6.07, 6.45) is -5.09. The van der Waals surface area contributed by atoms with Crippen LogP contribution >= 0.6 is 0 Å². The maximum absolute atomic E-state index is 13.6. The van der Waals surface area contributed by atoms with Crippen molar-refractivity contribution in [3.63, 3.8) is 0 Å². The Bertz CT molecular complexity index is 321. The van der Waals surface area contributed by atoms with E-state index in [4.69, 9.17) is 4.74 Å². The molecule has 8 heteroatoms. The largest absolute Gasteiger partial charge is 0.465 e. The highest BCUT2D eigenvalue weighted by molar-refractivity contribution is 5.90. The lowest BCUT2D eigenvalue weighted by atomic mass is 10.2. The van der Waals surface area contributed by atoms with E-state index in [1.807, 2.05) is 0 Å². The second-order valence-electron chi connectivity index (χ2n) is 3.25. The van der Waals surface area contributed by atoms with E-state index in [0.717, 1.165) is 12.0 Å². The molecule has 0 amide bonds. The number of alkyl halides is 3. The van der Waals surface area contributed by atoms with E-state index in [0.29, 0.717) is 0 Å². The molecule has 1 fully saturated rings. The fraction of sp³-hybridized carbons (Fsp3) is 0.667. The van der Waals surface area contributed by atoms with E-state index in [2.05, 4.69) is 4.74 Å². The van der Waals surface area contributed by atoms with Gasteiger partial charge in [-0.2, -0.15) is 17.6 Å². The molecule has 0 atom stereocenters.